The topological polar surface area (TPSA) is 66.5 Å². The number of carbonyl (C=O) groups is 2. The molecule has 0 spiro atoms. The Morgan fingerprint density at radius 1 is 1.37 bits per heavy atom. The maximum Gasteiger partial charge on any atom is 0.247 e. The molecule has 1 aliphatic heterocycles. The standard InChI is InChI=1S/C13H24N2O3S/c1-5-10(6-2)15-12(16)7-11(13(15)17)14-8-9(3)19(4)18/h9-11,14H,5-8H2,1-4H3. The van der Waals surface area contributed by atoms with Crippen LogP contribution in [0.2, 0.25) is 0 Å². The van der Waals surface area contributed by atoms with Crippen LogP contribution in [0.3, 0.4) is 0 Å². The quantitative estimate of drug-likeness (QED) is 0.699. The Morgan fingerprint density at radius 2 is 1.95 bits per heavy atom. The van der Waals surface area contributed by atoms with Crippen molar-refractivity contribution in [2.75, 3.05) is 12.8 Å². The van der Waals surface area contributed by atoms with Crippen LogP contribution in [0.5, 0.6) is 0 Å². The Morgan fingerprint density at radius 3 is 2.42 bits per heavy atom. The summed E-state index contributed by atoms with van der Waals surface area (Å²) in [6, 6.07) is -0.441. The van der Waals surface area contributed by atoms with Gasteiger partial charge in [0.05, 0.1) is 12.5 Å². The summed E-state index contributed by atoms with van der Waals surface area (Å²) in [4.78, 5) is 25.6. The lowest BCUT2D eigenvalue weighted by Crippen LogP contribution is -2.45. The van der Waals surface area contributed by atoms with Gasteiger partial charge in [0.25, 0.3) is 0 Å². The Hall–Kier alpha value is -0.750. The van der Waals surface area contributed by atoms with Gasteiger partial charge in [0.15, 0.2) is 0 Å². The minimum atomic E-state index is -0.923. The van der Waals surface area contributed by atoms with Crippen LogP contribution >= 0.6 is 0 Å². The van der Waals surface area contributed by atoms with Crippen molar-refractivity contribution in [2.24, 2.45) is 0 Å². The normalized spacial score (nSPS) is 23.2. The van der Waals surface area contributed by atoms with Crippen molar-refractivity contribution in [3.63, 3.8) is 0 Å². The van der Waals surface area contributed by atoms with Gasteiger partial charge in [-0.2, -0.15) is 0 Å². The molecule has 6 heteroatoms. The molecular weight excluding hydrogens is 264 g/mol. The zero-order chi connectivity index (χ0) is 14.6. The van der Waals surface area contributed by atoms with E-state index in [1.807, 2.05) is 20.8 Å². The number of rotatable bonds is 7. The molecule has 1 heterocycles. The fraction of sp³-hybridized carbons (Fsp3) is 0.846. The number of carbonyl (C=O) groups excluding carboxylic acids is 2. The van der Waals surface area contributed by atoms with Crippen molar-refractivity contribution in [1.82, 2.24) is 10.2 Å². The molecule has 1 N–H and O–H groups in total. The Bertz CT molecular complexity index is 369. The van der Waals surface area contributed by atoms with E-state index in [4.69, 9.17) is 0 Å². The van der Waals surface area contributed by atoms with E-state index in [1.54, 1.807) is 6.26 Å². The predicted molar refractivity (Wildman–Crippen MR) is 76.2 cm³/mol. The molecule has 1 rings (SSSR count). The Labute approximate surface area is 117 Å². The molecular formula is C13H24N2O3S. The molecule has 3 unspecified atom stereocenters. The first kappa shape index (κ1) is 16.3. The van der Waals surface area contributed by atoms with E-state index < -0.39 is 16.8 Å². The van der Waals surface area contributed by atoms with E-state index in [1.165, 1.54) is 4.90 Å². The van der Waals surface area contributed by atoms with Crippen LogP contribution in [0.25, 0.3) is 0 Å². The molecule has 1 aliphatic rings. The van der Waals surface area contributed by atoms with Crippen LogP contribution < -0.4 is 5.32 Å². The molecule has 0 bridgehead atoms. The molecule has 1 saturated heterocycles. The first-order valence-electron chi connectivity index (χ1n) is 6.83. The molecule has 3 atom stereocenters. The van der Waals surface area contributed by atoms with Crippen molar-refractivity contribution in [3.8, 4) is 0 Å². The number of hydrogen-bond donors (Lipinski definition) is 1. The van der Waals surface area contributed by atoms with Crippen molar-refractivity contribution >= 4 is 22.6 Å². The molecule has 0 radical (unpaired) electrons. The van der Waals surface area contributed by atoms with E-state index in [-0.39, 0.29) is 29.5 Å². The number of likely N-dealkylation sites (tertiary alicyclic amines) is 1. The molecule has 1 fully saturated rings. The number of hydrogen-bond acceptors (Lipinski definition) is 4. The highest BCUT2D eigenvalue weighted by molar-refractivity contribution is 7.84. The first-order valence-corrected chi connectivity index (χ1v) is 8.45. The molecule has 2 amide bonds. The lowest BCUT2D eigenvalue weighted by molar-refractivity contribution is -0.141. The van der Waals surface area contributed by atoms with Crippen LogP contribution in [-0.4, -0.2) is 51.1 Å². The zero-order valence-electron chi connectivity index (χ0n) is 12.1. The number of amides is 2. The number of nitrogens with one attached hydrogen (secondary N) is 1. The van der Waals surface area contributed by atoms with E-state index in [2.05, 4.69) is 5.32 Å². The van der Waals surface area contributed by atoms with E-state index >= 15 is 0 Å². The van der Waals surface area contributed by atoms with Crippen LogP contribution in [-0.2, 0) is 20.4 Å². The second-order valence-electron chi connectivity index (χ2n) is 5.05. The van der Waals surface area contributed by atoms with Crippen LogP contribution in [0.4, 0.5) is 0 Å². The van der Waals surface area contributed by atoms with Crippen LogP contribution in [0, 0.1) is 0 Å². The van der Waals surface area contributed by atoms with Crippen molar-refractivity contribution < 1.29 is 13.8 Å². The van der Waals surface area contributed by atoms with Crippen LogP contribution in [0.15, 0.2) is 0 Å². The summed E-state index contributed by atoms with van der Waals surface area (Å²) in [6.45, 7) is 6.32. The molecule has 0 saturated carbocycles. The second-order valence-corrected chi connectivity index (χ2v) is 6.85. The summed E-state index contributed by atoms with van der Waals surface area (Å²) in [7, 11) is -0.923. The lowest BCUT2D eigenvalue weighted by atomic mass is 10.1. The third-order valence-electron chi connectivity index (χ3n) is 3.71. The predicted octanol–water partition coefficient (Wildman–Crippen LogP) is 0.659. The summed E-state index contributed by atoms with van der Waals surface area (Å²) in [5, 5.41) is 3.05. The number of imide groups is 1. The van der Waals surface area contributed by atoms with Gasteiger partial charge in [-0.3, -0.25) is 18.7 Å². The molecule has 0 aromatic carbocycles. The molecule has 110 valence electrons. The third-order valence-corrected chi connectivity index (χ3v) is 5.01. The molecule has 5 nitrogen and oxygen atoms in total. The fourth-order valence-corrected chi connectivity index (χ4v) is 2.60. The molecule has 0 aromatic heterocycles. The molecule has 0 aliphatic carbocycles. The summed E-state index contributed by atoms with van der Waals surface area (Å²) in [6.07, 6.45) is 3.44. The maximum absolute atomic E-state index is 12.2. The van der Waals surface area contributed by atoms with Gasteiger partial charge in [-0.15, -0.1) is 0 Å². The summed E-state index contributed by atoms with van der Waals surface area (Å²) < 4.78 is 11.3. The van der Waals surface area contributed by atoms with E-state index in [9.17, 15) is 13.8 Å². The van der Waals surface area contributed by atoms with Gasteiger partial charge in [0.2, 0.25) is 11.8 Å². The smallest absolute Gasteiger partial charge is 0.247 e. The SMILES string of the molecule is CCC(CC)N1C(=O)CC(NCC(C)S(C)=O)C1=O. The Balaban J connectivity index is 2.63. The average Bonchev–Trinajstić information content (AvgIpc) is 2.65. The second kappa shape index (κ2) is 7.14. The van der Waals surface area contributed by atoms with Gasteiger partial charge in [0.1, 0.15) is 0 Å². The van der Waals surface area contributed by atoms with E-state index in [0.717, 1.165) is 12.8 Å². The highest BCUT2D eigenvalue weighted by Gasteiger charge is 2.41. The van der Waals surface area contributed by atoms with Crippen LogP contribution in [0.1, 0.15) is 40.0 Å². The van der Waals surface area contributed by atoms with Gasteiger partial charge in [-0.05, 0) is 19.8 Å². The summed E-state index contributed by atoms with van der Waals surface area (Å²) in [5.41, 5.74) is 0. The lowest BCUT2D eigenvalue weighted by Gasteiger charge is -2.24. The van der Waals surface area contributed by atoms with E-state index in [0.29, 0.717) is 6.54 Å². The average molecular weight is 288 g/mol. The third kappa shape index (κ3) is 3.86. The van der Waals surface area contributed by atoms with Crippen molar-refractivity contribution in [2.45, 2.75) is 57.4 Å². The molecule has 19 heavy (non-hydrogen) atoms. The summed E-state index contributed by atoms with van der Waals surface area (Å²) >= 11 is 0. The van der Waals surface area contributed by atoms with Gasteiger partial charge in [-0.1, -0.05) is 13.8 Å². The highest BCUT2D eigenvalue weighted by Crippen LogP contribution is 2.20. The molecule has 0 aromatic rings. The fourth-order valence-electron chi connectivity index (χ4n) is 2.27. The summed E-state index contributed by atoms with van der Waals surface area (Å²) in [5.74, 6) is -0.228. The van der Waals surface area contributed by atoms with Crippen molar-refractivity contribution in [3.05, 3.63) is 0 Å². The highest BCUT2D eigenvalue weighted by atomic mass is 32.2. The number of nitrogens with zero attached hydrogens (tertiary/aromatic N) is 1. The van der Waals surface area contributed by atoms with Crippen molar-refractivity contribution in [1.29, 1.82) is 0 Å². The largest absolute Gasteiger partial charge is 0.304 e. The monoisotopic (exact) mass is 288 g/mol. The maximum atomic E-state index is 12.2. The van der Waals surface area contributed by atoms with Gasteiger partial charge >= 0.3 is 0 Å². The Kier molecular flexibility index (Phi) is 6.13. The minimum Gasteiger partial charge on any atom is -0.304 e. The first-order chi connectivity index (χ1) is 8.92. The van der Waals surface area contributed by atoms with Gasteiger partial charge in [-0.25, -0.2) is 0 Å². The van der Waals surface area contributed by atoms with Gasteiger partial charge in [0, 0.05) is 34.9 Å². The van der Waals surface area contributed by atoms with Gasteiger partial charge < -0.3 is 5.32 Å². The zero-order valence-corrected chi connectivity index (χ0v) is 13.0. The minimum absolute atomic E-state index is 0.00419.